The maximum absolute atomic E-state index is 14.9. The Morgan fingerprint density at radius 2 is 1.82 bits per heavy atom. The number of rotatable bonds is 7. The fraction of sp³-hybridized carbons (Fsp3) is 0.273. The Bertz CT molecular complexity index is 1300. The number of hydrogen-bond acceptors (Lipinski definition) is 6. The molecule has 0 saturated carbocycles. The molecule has 33 heavy (non-hydrogen) atoms. The van der Waals surface area contributed by atoms with Crippen LogP contribution in [0.5, 0.6) is 11.5 Å². The minimum Gasteiger partial charge on any atom is -0.497 e. The van der Waals surface area contributed by atoms with Crippen LogP contribution in [0.25, 0.3) is 0 Å². The lowest BCUT2D eigenvalue weighted by Crippen LogP contribution is -2.32. The second-order valence-corrected chi connectivity index (χ2v) is 9.27. The number of hydrogen-bond donors (Lipinski definition) is 2. The van der Waals surface area contributed by atoms with Crippen LogP contribution in [0.1, 0.15) is 29.4 Å². The molecular formula is C22H23FN4O5S. The zero-order valence-electron chi connectivity index (χ0n) is 18.3. The van der Waals surface area contributed by atoms with Gasteiger partial charge in [-0.15, -0.1) is 0 Å². The molecule has 1 amide bonds. The van der Waals surface area contributed by atoms with Crippen LogP contribution in [0.15, 0.2) is 47.6 Å². The van der Waals surface area contributed by atoms with Crippen molar-refractivity contribution in [2.75, 3.05) is 19.5 Å². The monoisotopic (exact) mass is 474 g/mol. The highest BCUT2D eigenvalue weighted by atomic mass is 32.2. The highest BCUT2D eigenvalue weighted by Crippen LogP contribution is 2.32. The van der Waals surface area contributed by atoms with Crippen LogP contribution in [0.4, 0.5) is 10.1 Å². The van der Waals surface area contributed by atoms with Crippen LogP contribution in [0, 0.1) is 5.82 Å². The molecule has 2 N–H and O–H groups in total. The fourth-order valence-corrected chi connectivity index (χ4v) is 5.02. The molecule has 3 aromatic rings. The van der Waals surface area contributed by atoms with Gasteiger partial charge in [-0.2, -0.15) is 4.72 Å². The Morgan fingerprint density at radius 1 is 1.12 bits per heavy atom. The first-order chi connectivity index (χ1) is 15.7. The average molecular weight is 475 g/mol. The quantitative estimate of drug-likeness (QED) is 0.544. The molecule has 11 heteroatoms. The first-order valence-corrected chi connectivity index (χ1v) is 11.5. The van der Waals surface area contributed by atoms with E-state index in [4.69, 9.17) is 9.47 Å². The third kappa shape index (κ3) is 4.55. The summed E-state index contributed by atoms with van der Waals surface area (Å²) in [5, 5.41) is 2.57. The zero-order chi connectivity index (χ0) is 23.8. The Morgan fingerprint density at radius 3 is 2.42 bits per heavy atom. The number of sulfonamides is 1. The molecule has 0 aliphatic carbocycles. The number of aryl methyl sites for hydroxylation is 2. The van der Waals surface area contributed by atoms with Crippen LogP contribution in [-0.2, 0) is 28.3 Å². The Kier molecular flexibility index (Phi) is 6.09. The molecule has 1 unspecified atom stereocenters. The van der Waals surface area contributed by atoms with E-state index in [1.165, 1.54) is 26.5 Å². The van der Waals surface area contributed by atoms with E-state index in [-0.39, 0.29) is 18.0 Å². The van der Waals surface area contributed by atoms with Gasteiger partial charge in [0.05, 0.1) is 14.2 Å². The van der Waals surface area contributed by atoms with E-state index in [1.54, 1.807) is 36.0 Å². The van der Waals surface area contributed by atoms with Crippen molar-refractivity contribution in [3.63, 3.8) is 0 Å². The van der Waals surface area contributed by atoms with E-state index in [1.807, 2.05) is 0 Å². The third-order valence-electron chi connectivity index (χ3n) is 5.44. The van der Waals surface area contributed by atoms with Gasteiger partial charge in [-0.1, -0.05) is 0 Å². The molecule has 0 fully saturated rings. The number of ether oxygens (including phenoxy) is 2. The summed E-state index contributed by atoms with van der Waals surface area (Å²) in [7, 11) is 0.357. The number of nitrogens with one attached hydrogen (secondary N) is 2. The molecule has 1 aliphatic rings. The SMILES string of the molecule is COc1cc(OC)cc(C(NS(=O)(=O)c2cc3c(cc2F)NC(=O)CC3)c2nccn2C)c1. The third-order valence-corrected chi connectivity index (χ3v) is 6.88. The molecule has 0 spiro atoms. The summed E-state index contributed by atoms with van der Waals surface area (Å²) < 4.78 is 56.5. The number of halogens is 1. The highest BCUT2D eigenvalue weighted by molar-refractivity contribution is 7.89. The summed E-state index contributed by atoms with van der Waals surface area (Å²) in [5.74, 6) is 0.0964. The molecule has 174 valence electrons. The normalized spacial score (nSPS) is 14.4. The van der Waals surface area contributed by atoms with Crippen molar-refractivity contribution in [2.24, 2.45) is 7.05 Å². The summed E-state index contributed by atoms with van der Waals surface area (Å²) in [6.45, 7) is 0. The van der Waals surface area contributed by atoms with Gasteiger partial charge in [-0.05, 0) is 41.8 Å². The van der Waals surface area contributed by atoms with Gasteiger partial charge in [0.15, 0.2) is 0 Å². The van der Waals surface area contributed by atoms with E-state index in [0.717, 1.165) is 6.07 Å². The first-order valence-electron chi connectivity index (χ1n) is 10.1. The summed E-state index contributed by atoms with van der Waals surface area (Å²) >= 11 is 0. The molecule has 1 aromatic heterocycles. The molecular weight excluding hydrogens is 451 g/mol. The molecule has 0 bridgehead atoms. The van der Waals surface area contributed by atoms with Crippen LogP contribution in [0.2, 0.25) is 0 Å². The largest absolute Gasteiger partial charge is 0.497 e. The van der Waals surface area contributed by atoms with Gasteiger partial charge in [-0.3, -0.25) is 4.79 Å². The second-order valence-electron chi connectivity index (χ2n) is 7.58. The highest BCUT2D eigenvalue weighted by Gasteiger charge is 2.30. The van der Waals surface area contributed by atoms with E-state index in [9.17, 15) is 17.6 Å². The maximum atomic E-state index is 14.9. The van der Waals surface area contributed by atoms with E-state index in [2.05, 4.69) is 15.0 Å². The number of fused-ring (bicyclic) bond motifs is 1. The average Bonchev–Trinajstić information content (AvgIpc) is 3.21. The summed E-state index contributed by atoms with van der Waals surface area (Å²) in [4.78, 5) is 15.4. The van der Waals surface area contributed by atoms with E-state index >= 15 is 0 Å². The van der Waals surface area contributed by atoms with Gasteiger partial charge in [0, 0.05) is 37.6 Å². The predicted molar refractivity (Wildman–Crippen MR) is 118 cm³/mol. The van der Waals surface area contributed by atoms with Gasteiger partial charge < -0.3 is 19.4 Å². The lowest BCUT2D eigenvalue weighted by molar-refractivity contribution is -0.116. The molecule has 1 aliphatic heterocycles. The van der Waals surface area contributed by atoms with Crippen molar-refractivity contribution in [2.45, 2.75) is 23.8 Å². The summed E-state index contributed by atoms with van der Waals surface area (Å²) in [6, 6.07) is 6.30. The van der Waals surface area contributed by atoms with Crippen LogP contribution in [-0.4, -0.2) is 38.1 Å². The molecule has 4 rings (SSSR count). The number of carbonyl (C=O) groups is 1. The summed E-state index contributed by atoms with van der Waals surface area (Å²) in [5.41, 5.74) is 1.32. The molecule has 0 saturated heterocycles. The van der Waals surface area contributed by atoms with Crippen LogP contribution < -0.4 is 19.5 Å². The van der Waals surface area contributed by atoms with Crippen molar-refractivity contribution < 1.29 is 27.1 Å². The minimum atomic E-state index is -4.34. The number of benzene rings is 2. The molecule has 0 radical (unpaired) electrons. The van der Waals surface area contributed by atoms with Crippen molar-refractivity contribution >= 4 is 21.6 Å². The second kappa shape index (κ2) is 8.83. The fourth-order valence-electron chi connectivity index (χ4n) is 3.73. The number of nitrogens with zero attached hydrogens (tertiary/aromatic N) is 2. The van der Waals surface area contributed by atoms with Gasteiger partial charge in [0.1, 0.15) is 34.1 Å². The molecule has 2 aromatic carbocycles. The van der Waals surface area contributed by atoms with Crippen molar-refractivity contribution in [3.05, 3.63) is 65.5 Å². The first kappa shape index (κ1) is 22.7. The lowest BCUT2D eigenvalue weighted by Gasteiger charge is -2.22. The Hall–Kier alpha value is -3.44. The molecule has 2 heterocycles. The number of imidazole rings is 1. The maximum Gasteiger partial charge on any atom is 0.244 e. The van der Waals surface area contributed by atoms with E-state index < -0.39 is 26.8 Å². The van der Waals surface area contributed by atoms with Gasteiger partial charge in [0.2, 0.25) is 15.9 Å². The molecule has 1 atom stereocenters. The standard InChI is InChI=1S/C22H23FN4O5S/c1-27-7-6-24-22(27)21(14-8-15(31-2)11-16(9-14)32-3)26-33(29,30)19-10-13-4-5-20(28)25-18(13)12-17(19)23/h6-12,21,26H,4-5H2,1-3H3,(H,25,28). The van der Waals surface area contributed by atoms with Gasteiger partial charge >= 0.3 is 0 Å². The lowest BCUT2D eigenvalue weighted by atomic mass is 10.0. The predicted octanol–water partition coefficient (Wildman–Crippen LogP) is 2.53. The van der Waals surface area contributed by atoms with Crippen LogP contribution in [0.3, 0.4) is 0 Å². The number of anilines is 1. The number of methoxy groups -OCH3 is 2. The van der Waals surface area contributed by atoms with Crippen molar-refractivity contribution in [1.29, 1.82) is 0 Å². The topological polar surface area (TPSA) is 112 Å². The number of amides is 1. The Labute approximate surface area is 190 Å². The number of aromatic nitrogens is 2. The van der Waals surface area contributed by atoms with E-state index in [0.29, 0.717) is 34.9 Å². The number of carbonyl (C=O) groups excluding carboxylic acids is 1. The Balaban J connectivity index is 1.79. The van der Waals surface area contributed by atoms with Crippen molar-refractivity contribution in [1.82, 2.24) is 14.3 Å². The van der Waals surface area contributed by atoms with Gasteiger partial charge in [-0.25, -0.2) is 17.8 Å². The van der Waals surface area contributed by atoms with Crippen molar-refractivity contribution in [3.8, 4) is 11.5 Å². The van der Waals surface area contributed by atoms with Crippen LogP contribution >= 0.6 is 0 Å². The zero-order valence-corrected chi connectivity index (χ0v) is 19.1. The molecule has 9 nitrogen and oxygen atoms in total. The summed E-state index contributed by atoms with van der Waals surface area (Å²) in [6.07, 6.45) is 3.73. The van der Waals surface area contributed by atoms with Gasteiger partial charge in [0.25, 0.3) is 0 Å². The smallest absolute Gasteiger partial charge is 0.244 e. The minimum absolute atomic E-state index is 0.199.